The van der Waals surface area contributed by atoms with E-state index < -0.39 is 0 Å². The molecule has 0 aromatic heterocycles. The minimum Gasteiger partial charge on any atom is -0.294 e. The largest absolute Gasteiger partial charge is 0.294 e. The molecule has 2 aromatic carbocycles. The van der Waals surface area contributed by atoms with Crippen molar-refractivity contribution in [3.05, 3.63) is 101 Å². The fourth-order valence-electron chi connectivity index (χ4n) is 2.78. The maximum Gasteiger partial charge on any atom is 0.162 e. The summed E-state index contributed by atoms with van der Waals surface area (Å²) in [5.41, 5.74) is 4.63. The van der Waals surface area contributed by atoms with Crippen LogP contribution >= 0.6 is 12.2 Å². The Hall–Kier alpha value is -2.65. The second-order valence-corrected chi connectivity index (χ2v) is 8.78. The number of rotatable bonds is 9. The first-order chi connectivity index (χ1) is 16.1. The Balaban J connectivity index is 0.000000584. The molecule has 0 aliphatic heterocycles. The second kappa shape index (κ2) is 17.8. The topological polar surface area (TPSA) is 17.1 Å². The van der Waals surface area contributed by atoms with Crippen LogP contribution in [0.3, 0.4) is 0 Å². The van der Waals surface area contributed by atoms with Gasteiger partial charge in [0.1, 0.15) is 5.82 Å². The van der Waals surface area contributed by atoms with Gasteiger partial charge < -0.3 is 0 Å². The summed E-state index contributed by atoms with van der Waals surface area (Å²) in [6, 6.07) is 14.5. The summed E-state index contributed by atoms with van der Waals surface area (Å²) in [6.45, 7) is 19.6. The van der Waals surface area contributed by atoms with Crippen LogP contribution in [0.5, 0.6) is 0 Å². The maximum absolute atomic E-state index is 14.0. The number of ketones is 1. The number of unbranched alkanes of at least 4 members (excludes halogenated alkanes) is 2. The van der Waals surface area contributed by atoms with Crippen molar-refractivity contribution in [2.24, 2.45) is 0 Å². The number of hydrogen-bond acceptors (Lipinski definition) is 2. The van der Waals surface area contributed by atoms with Gasteiger partial charge in [0, 0.05) is 22.4 Å². The number of allylic oxidation sites excluding steroid dienone is 4. The molecule has 0 fully saturated rings. The lowest BCUT2D eigenvalue weighted by molar-refractivity contribution is 0.0980. The Labute approximate surface area is 212 Å². The van der Waals surface area contributed by atoms with E-state index in [1.165, 1.54) is 18.9 Å². The number of thiocarbonyl (C=S) groups is 1. The molecule has 0 amide bonds. The van der Waals surface area contributed by atoms with Crippen LogP contribution in [0.25, 0.3) is 5.57 Å². The fraction of sp³-hybridized carbons (Fsp3) is 0.355. The first-order valence-corrected chi connectivity index (χ1v) is 12.4. The Morgan fingerprint density at radius 3 is 1.94 bits per heavy atom. The van der Waals surface area contributed by atoms with E-state index in [-0.39, 0.29) is 11.6 Å². The maximum atomic E-state index is 14.0. The third-order valence-corrected chi connectivity index (χ3v) is 5.44. The van der Waals surface area contributed by atoms with Crippen molar-refractivity contribution in [3.63, 3.8) is 0 Å². The van der Waals surface area contributed by atoms with E-state index in [0.29, 0.717) is 22.4 Å². The van der Waals surface area contributed by atoms with Crippen molar-refractivity contribution >= 4 is 28.4 Å². The van der Waals surface area contributed by atoms with Gasteiger partial charge in [-0.05, 0) is 50.0 Å². The van der Waals surface area contributed by atoms with Gasteiger partial charge in [-0.15, -0.1) is 0 Å². The van der Waals surface area contributed by atoms with E-state index in [9.17, 15) is 9.18 Å². The molecule has 0 atom stereocenters. The molecule has 2 aromatic rings. The number of Topliss-reactive ketones (excluding diaryl/α,β-unsaturated/α-hetero) is 1. The first kappa shape index (κ1) is 31.4. The predicted molar refractivity (Wildman–Crippen MR) is 152 cm³/mol. The van der Waals surface area contributed by atoms with E-state index in [4.69, 9.17) is 12.2 Å². The first-order valence-electron chi connectivity index (χ1n) is 12.0. The van der Waals surface area contributed by atoms with Crippen molar-refractivity contribution in [2.45, 2.75) is 73.6 Å². The highest BCUT2D eigenvalue weighted by Crippen LogP contribution is 2.21. The summed E-state index contributed by atoms with van der Waals surface area (Å²) < 4.78 is 14.0. The van der Waals surface area contributed by atoms with Crippen molar-refractivity contribution in [1.82, 2.24) is 0 Å². The van der Waals surface area contributed by atoms with Crippen LogP contribution in [-0.2, 0) is 0 Å². The molecular weight excluding hydrogens is 439 g/mol. The van der Waals surface area contributed by atoms with Crippen molar-refractivity contribution in [1.29, 1.82) is 0 Å². The zero-order valence-corrected chi connectivity index (χ0v) is 22.7. The highest BCUT2D eigenvalue weighted by molar-refractivity contribution is 7.81. The predicted octanol–water partition coefficient (Wildman–Crippen LogP) is 9.97. The Kier molecular flexibility index (Phi) is 16.4. The third kappa shape index (κ3) is 12.6. The van der Waals surface area contributed by atoms with Crippen molar-refractivity contribution in [3.8, 4) is 0 Å². The van der Waals surface area contributed by atoms with Crippen LogP contribution in [0.1, 0.15) is 95.1 Å². The van der Waals surface area contributed by atoms with Crippen molar-refractivity contribution in [2.75, 3.05) is 0 Å². The summed E-state index contributed by atoms with van der Waals surface area (Å²) in [7, 11) is 0. The lowest BCUT2D eigenvalue weighted by Gasteiger charge is -2.08. The summed E-state index contributed by atoms with van der Waals surface area (Å²) in [5.74, 6) is -0.0106. The van der Waals surface area contributed by atoms with Crippen LogP contribution in [0.2, 0.25) is 0 Å². The molecule has 184 valence electrons. The van der Waals surface area contributed by atoms with E-state index in [1.807, 2.05) is 63.2 Å². The molecule has 0 radical (unpaired) electrons. The van der Waals surface area contributed by atoms with Gasteiger partial charge in [-0.2, -0.15) is 0 Å². The molecule has 0 saturated carbocycles. The number of hydrogen-bond donors (Lipinski definition) is 0. The normalized spacial score (nSPS) is 10.3. The Morgan fingerprint density at radius 1 is 0.912 bits per heavy atom. The van der Waals surface area contributed by atoms with E-state index in [0.717, 1.165) is 35.1 Å². The molecule has 0 aliphatic rings. The molecule has 0 aliphatic carbocycles. The highest BCUT2D eigenvalue weighted by Gasteiger charge is 2.08. The summed E-state index contributed by atoms with van der Waals surface area (Å²) in [4.78, 5) is 12.0. The SMILES string of the molecule is C=C(C)/C=C(\C)c1ccc(C(=S)C(=C)C)cc1F.CCCC.CCCCC(=O)c1ccccc1. The summed E-state index contributed by atoms with van der Waals surface area (Å²) >= 11 is 5.19. The average Bonchev–Trinajstić information content (AvgIpc) is 2.82. The monoisotopic (exact) mass is 480 g/mol. The highest BCUT2D eigenvalue weighted by atomic mass is 32.1. The number of carbonyl (C=O) groups excluding carboxylic acids is 1. The molecule has 34 heavy (non-hydrogen) atoms. The minimum atomic E-state index is -0.272. The zero-order chi connectivity index (χ0) is 26.1. The number of benzene rings is 2. The van der Waals surface area contributed by atoms with Crippen LogP contribution < -0.4 is 0 Å². The van der Waals surface area contributed by atoms with Crippen LogP contribution in [-0.4, -0.2) is 10.6 Å². The summed E-state index contributed by atoms with van der Waals surface area (Å²) in [6.07, 6.45) is 7.25. The van der Waals surface area contributed by atoms with Gasteiger partial charge in [-0.3, -0.25) is 4.79 Å². The molecule has 3 heteroatoms. The molecule has 0 bridgehead atoms. The second-order valence-electron chi connectivity index (χ2n) is 8.37. The number of carbonyl (C=O) groups is 1. The molecule has 2 rings (SSSR count). The minimum absolute atomic E-state index is 0.262. The zero-order valence-electron chi connectivity index (χ0n) is 21.8. The average molecular weight is 481 g/mol. The molecule has 0 spiro atoms. The lowest BCUT2D eigenvalue weighted by Crippen LogP contribution is -2.00. The molecule has 0 N–H and O–H groups in total. The molecular formula is C31H41FOS. The van der Waals surface area contributed by atoms with Gasteiger partial charge in [0.05, 0.1) is 0 Å². The van der Waals surface area contributed by atoms with Gasteiger partial charge in [0.15, 0.2) is 5.78 Å². The van der Waals surface area contributed by atoms with Crippen LogP contribution in [0, 0.1) is 5.82 Å². The smallest absolute Gasteiger partial charge is 0.162 e. The standard InChI is InChI=1S/C16H17FS.C11H14O.C4H10/c1-10(2)8-12(5)14-7-6-13(9-15(14)17)16(18)11(3)4;1-2-3-9-11(12)10-7-5-4-6-8-10;1-3-4-2/h6-9H,1,3H2,2,4-5H3;4-8H,2-3,9H2,1H3;3-4H2,1-2H3/b12-8+;;. The van der Waals surface area contributed by atoms with E-state index >= 15 is 0 Å². The quantitative estimate of drug-likeness (QED) is 0.154. The lowest BCUT2D eigenvalue weighted by atomic mass is 10.00. The van der Waals surface area contributed by atoms with Gasteiger partial charge >= 0.3 is 0 Å². The molecule has 0 heterocycles. The summed E-state index contributed by atoms with van der Waals surface area (Å²) in [5, 5.41) is 0. The van der Waals surface area contributed by atoms with Crippen LogP contribution in [0.15, 0.2) is 78.9 Å². The van der Waals surface area contributed by atoms with Gasteiger partial charge in [0.2, 0.25) is 0 Å². The van der Waals surface area contributed by atoms with Crippen molar-refractivity contribution < 1.29 is 9.18 Å². The van der Waals surface area contributed by atoms with E-state index in [2.05, 4.69) is 33.9 Å². The van der Waals surface area contributed by atoms with Gasteiger partial charge in [0.25, 0.3) is 0 Å². The van der Waals surface area contributed by atoms with E-state index in [1.54, 1.807) is 6.07 Å². The Morgan fingerprint density at radius 2 is 1.50 bits per heavy atom. The third-order valence-electron chi connectivity index (χ3n) is 4.86. The Bertz CT molecular complexity index is 968. The fourth-order valence-corrected chi connectivity index (χ4v) is 2.90. The molecule has 0 unspecified atom stereocenters. The van der Waals surface area contributed by atoms with Gasteiger partial charge in [-0.1, -0.05) is 120 Å². The molecule has 1 nitrogen and oxygen atoms in total. The molecule has 0 saturated heterocycles. The van der Waals surface area contributed by atoms with Gasteiger partial charge in [-0.25, -0.2) is 4.39 Å². The number of halogens is 1. The van der Waals surface area contributed by atoms with Crippen LogP contribution in [0.4, 0.5) is 4.39 Å².